The number of nitrogens with two attached hydrogens (primary N) is 1. The number of aliphatic hydroxyl groups excluding tert-OH is 1. The van der Waals surface area contributed by atoms with Crippen LogP contribution in [-0.2, 0) is 18.6 Å². The van der Waals surface area contributed by atoms with Gasteiger partial charge in [-0.05, 0) is 6.92 Å². The molecule has 0 spiro atoms. The van der Waals surface area contributed by atoms with Crippen molar-refractivity contribution in [1.29, 1.82) is 0 Å². The second-order valence-corrected chi connectivity index (χ2v) is 8.05. The quantitative estimate of drug-likeness (QED) is 0.314. The molecule has 1 aromatic rings. The van der Waals surface area contributed by atoms with E-state index in [1.807, 2.05) is 0 Å². The molecule has 1 unspecified atom stereocenters. The number of carboxylic acid groups (broad SMARTS) is 1. The normalized spacial score (nSPS) is 26.6. The molecule has 0 aliphatic carbocycles. The van der Waals surface area contributed by atoms with Crippen LogP contribution in [0.25, 0.3) is 0 Å². The number of carbonyl (C=O) groups excluding carboxylic acids is 1. The minimum absolute atomic E-state index is 0.0952. The largest absolute Gasteiger partial charge is 0.480 e. The van der Waals surface area contributed by atoms with E-state index in [9.17, 15) is 24.5 Å². The van der Waals surface area contributed by atoms with Gasteiger partial charge in [0.2, 0.25) is 5.82 Å². The lowest BCUT2D eigenvalue weighted by Crippen LogP contribution is -2.35. The van der Waals surface area contributed by atoms with E-state index < -0.39 is 43.9 Å². The van der Waals surface area contributed by atoms with Crippen LogP contribution in [0.4, 0.5) is 0 Å². The molecule has 1 aliphatic rings. The second kappa shape index (κ2) is 7.78. The van der Waals surface area contributed by atoms with Crippen molar-refractivity contribution in [2.75, 3.05) is 13.3 Å². The van der Waals surface area contributed by atoms with E-state index >= 15 is 0 Å². The number of carboxylic acids is 1. The van der Waals surface area contributed by atoms with Gasteiger partial charge in [-0.3, -0.25) is 14.2 Å². The first kappa shape index (κ1) is 20.4. The highest BCUT2D eigenvalue weighted by Crippen LogP contribution is 2.47. The lowest BCUT2D eigenvalue weighted by molar-refractivity contribution is -0.151. The van der Waals surface area contributed by atoms with Gasteiger partial charge in [-0.25, -0.2) is 9.67 Å². The van der Waals surface area contributed by atoms with Crippen molar-refractivity contribution >= 4 is 19.4 Å². The lowest BCUT2D eigenvalue weighted by atomic mass is 10.2. The number of carbonyl (C=O) groups is 2. The molecule has 146 valence electrons. The Hall–Kier alpha value is -1.89. The van der Waals surface area contributed by atoms with Crippen LogP contribution < -0.4 is 5.73 Å². The van der Waals surface area contributed by atoms with Crippen LogP contribution in [-0.4, -0.2) is 78.4 Å². The van der Waals surface area contributed by atoms with Gasteiger partial charge < -0.3 is 30.4 Å². The van der Waals surface area contributed by atoms with E-state index in [0.29, 0.717) is 0 Å². The summed E-state index contributed by atoms with van der Waals surface area (Å²) in [6, 6.07) is -1.45. The van der Waals surface area contributed by atoms with Crippen LogP contribution >= 0.6 is 7.52 Å². The van der Waals surface area contributed by atoms with Gasteiger partial charge in [0.15, 0.2) is 6.23 Å². The number of hydroxylamine groups is 1. The zero-order valence-corrected chi connectivity index (χ0v) is 14.9. The van der Waals surface area contributed by atoms with E-state index in [4.69, 9.17) is 20.1 Å². The molecule has 13 nitrogen and oxygen atoms in total. The number of primary amides is 1. The van der Waals surface area contributed by atoms with Crippen LogP contribution in [0.5, 0.6) is 0 Å². The molecule has 26 heavy (non-hydrogen) atoms. The van der Waals surface area contributed by atoms with Gasteiger partial charge in [-0.2, -0.15) is 0 Å². The van der Waals surface area contributed by atoms with Crippen molar-refractivity contribution in [2.24, 2.45) is 5.73 Å². The molecular formula is C12H20N5O8P. The van der Waals surface area contributed by atoms with E-state index in [0.717, 1.165) is 13.6 Å². The number of aliphatic carboxylic acids is 1. The van der Waals surface area contributed by atoms with Gasteiger partial charge in [-0.15, -0.1) is 9.93 Å². The number of ether oxygens (including phenoxy) is 1. The standard InChI is InChI=1S/C12H20N5O8P/c1-6(12(20)21)17(22)26(2,23)24-4-8-7(18)3-9(25-8)16-5-14-11(15-16)10(13)19/h5-9,18,22H,3-4H2,1-2H3,(H2,13,19)(H,20,21)/t6-,7-,8+,9+,26?/m0/s1. The Labute approximate surface area is 147 Å². The summed E-state index contributed by atoms with van der Waals surface area (Å²) in [5.41, 5.74) is 5.06. The van der Waals surface area contributed by atoms with Crippen molar-refractivity contribution in [2.45, 2.75) is 37.8 Å². The Kier molecular flexibility index (Phi) is 6.11. The Balaban J connectivity index is 1.96. The first-order valence-electron chi connectivity index (χ1n) is 7.51. The third kappa shape index (κ3) is 4.44. The lowest BCUT2D eigenvalue weighted by Gasteiger charge is -2.26. The van der Waals surface area contributed by atoms with Crippen molar-refractivity contribution in [3.05, 3.63) is 12.2 Å². The van der Waals surface area contributed by atoms with Crippen LogP contribution in [0.15, 0.2) is 6.33 Å². The van der Waals surface area contributed by atoms with Gasteiger partial charge in [-0.1, -0.05) is 0 Å². The predicted molar refractivity (Wildman–Crippen MR) is 83.3 cm³/mol. The average molecular weight is 393 g/mol. The van der Waals surface area contributed by atoms with Crippen LogP contribution in [0.3, 0.4) is 0 Å². The topological polar surface area (TPSA) is 190 Å². The number of hydrogen-bond acceptors (Lipinski definition) is 9. The van der Waals surface area contributed by atoms with Crippen LogP contribution in [0.2, 0.25) is 0 Å². The van der Waals surface area contributed by atoms with E-state index in [1.54, 1.807) is 0 Å². The number of rotatable bonds is 8. The highest BCUT2D eigenvalue weighted by atomic mass is 31.2. The van der Waals surface area contributed by atoms with Crippen LogP contribution in [0, 0.1) is 0 Å². The molecule has 0 radical (unpaired) electrons. The Morgan fingerprint density at radius 2 is 2.27 bits per heavy atom. The second-order valence-electron chi connectivity index (χ2n) is 5.78. The molecule has 1 fully saturated rings. The minimum atomic E-state index is -3.85. The van der Waals surface area contributed by atoms with Gasteiger partial charge in [0.25, 0.3) is 13.4 Å². The molecule has 5 N–H and O–H groups in total. The average Bonchev–Trinajstić information content (AvgIpc) is 3.18. The first-order chi connectivity index (χ1) is 12.0. The summed E-state index contributed by atoms with van der Waals surface area (Å²) in [7, 11) is -3.85. The maximum absolute atomic E-state index is 12.3. The summed E-state index contributed by atoms with van der Waals surface area (Å²) in [6.45, 7) is 1.81. The number of aliphatic hydroxyl groups is 1. The summed E-state index contributed by atoms with van der Waals surface area (Å²) in [5.74, 6) is -2.41. The molecule has 14 heteroatoms. The summed E-state index contributed by atoms with van der Waals surface area (Å²) in [6.07, 6.45) is -1.36. The fourth-order valence-corrected chi connectivity index (χ4v) is 3.51. The molecule has 5 atom stereocenters. The molecular weight excluding hydrogens is 373 g/mol. The summed E-state index contributed by atoms with van der Waals surface area (Å²) < 4.78 is 24.2. The molecule has 1 aliphatic heterocycles. The minimum Gasteiger partial charge on any atom is -0.480 e. The first-order valence-corrected chi connectivity index (χ1v) is 9.53. The van der Waals surface area contributed by atoms with Crippen LogP contribution in [0.1, 0.15) is 30.2 Å². The van der Waals surface area contributed by atoms with Crippen molar-refractivity contribution in [1.82, 2.24) is 19.6 Å². The number of nitrogens with zero attached hydrogens (tertiary/aromatic N) is 4. The summed E-state index contributed by atoms with van der Waals surface area (Å²) in [4.78, 5) is 25.7. The maximum Gasteiger partial charge on any atom is 0.323 e. The van der Waals surface area contributed by atoms with E-state index in [2.05, 4.69) is 10.1 Å². The monoisotopic (exact) mass is 393 g/mol. The molecule has 2 heterocycles. The highest BCUT2D eigenvalue weighted by Gasteiger charge is 2.39. The zero-order chi connectivity index (χ0) is 19.6. The SMILES string of the molecule is C[C@@H](C(=O)O)N(O)P(C)(=O)OC[C@H]1O[C@@H](n2cnc(C(N)=O)n2)C[C@@H]1O. The Morgan fingerprint density at radius 1 is 1.62 bits per heavy atom. The molecule has 1 amide bonds. The number of aromatic nitrogens is 3. The van der Waals surface area contributed by atoms with Crippen molar-refractivity contribution in [3.63, 3.8) is 0 Å². The van der Waals surface area contributed by atoms with Gasteiger partial charge in [0, 0.05) is 13.1 Å². The Bertz CT molecular complexity index is 726. The fraction of sp³-hybridized carbons (Fsp3) is 0.667. The van der Waals surface area contributed by atoms with Gasteiger partial charge in [0.05, 0.1) is 12.7 Å². The van der Waals surface area contributed by atoms with Gasteiger partial charge >= 0.3 is 5.97 Å². The van der Waals surface area contributed by atoms with Crippen molar-refractivity contribution in [3.8, 4) is 0 Å². The molecule has 2 rings (SSSR count). The predicted octanol–water partition coefficient (Wildman–Crippen LogP) is -0.971. The van der Waals surface area contributed by atoms with E-state index in [-0.39, 0.29) is 23.7 Å². The molecule has 1 saturated heterocycles. The van der Waals surface area contributed by atoms with E-state index in [1.165, 1.54) is 11.0 Å². The highest BCUT2D eigenvalue weighted by molar-refractivity contribution is 7.55. The number of amides is 1. The van der Waals surface area contributed by atoms with Crippen molar-refractivity contribution < 1.29 is 38.8 Å². The molecule has 1 aromatic heterocycles. The molecule has 0 saturated carbocycles. The molecule has 0 aromatic carbocycles. The smallest absolute Gasteiger partial charge is 0.323 e. The molecule has 0 bridgehead atoms. The Morgan fingerprint density at radius 3 is 2.81 bits per heavy atom. The number of hydrogen-bond donors (Lipinski definition) is 4. The summed E-state index contributed by atoms with van der Waals surface area (Å²) in [5, 5.41) is 32.5. The van der Waals surface area contributed by atoms with Gasteiger partial charge in [0.1, 0.15) is 18.5 Å². The third-order valence-electron chi connectivity index (χ3n) is 3.78. The maximum atomic E-state index is 12.3. The fourth-order valence-electron chi connectivity index (χ4n) is 2.24. The third-order valence-corrected chi connectivity index (χ3v) is 5.50. The summed E-state index contributed by atoms with van der Waals surface area (Å²) >= 11 is 0. The zero-order valence-electron chi connectivity index (χ0n) is 14.0.